The zero-order chi connectivity index (χ0) is 15.5. The molecular formula is C13H10ClF3N4. The van der Waals surface area contributed by atoms with Gasteiger partial charge in [-0.25, -0.2) is 4.98 Å². The average Bonchev–Trinajstić information content (AvgIpc) is 2.45. The van der Waals surface area contributed by atoms with E-state index in [0.29, 0.717) is 11.9 Å². The molecule has 0 aliphatic heterocycles. The lowest BCUT2D eigenvalue weighted by atomic mass is 10.2. The van der Waals surface area contributed by atoms with Gasteiger partial charge >= 0.3 is 6.18 Å². The molecule has 2 heterocycles. The molecule has 0 fully saturated rings. The lowest BCUT2D eigenvalue weighted by molar-refractivity contribution is -0.137. The minimum Gasteiger partial charge on any atom is -0.265 e. The van der Waals surface area contributed by atoms with E-state index in [-0.39, 0.29) is 10.8 Å². The Hall–Kier alpha value is -2.15. The topological polar surface area (TPSA) is 50.2 Å². The summed E-state index contributed by atoms with van der Waals surface area (Å²) in [5.74, 6) is 0.0538. The molecule has 2 rings (SSSR count). The number of alkyl halides is 3. The van der Waals surface area contributed by atoms with Gasteiger partial charge < -0.3 is 0 Å². The summed E-state index contributed by atoms with van der Waals surface area (Å²) in [6.07, 6.45) is -0.563. The Morgan fingerprint density at radius 3 is 2.52 bits per heavy atom. The summed E-state index contributed by atoms with van der Waals surface area (Å²) in [4.78, 5) is 7.51. The monoisotopic (exact) mass is 314 g/mol. The van der Waals surface area contributed by atoms with Crippen molar-refractivity contribution in [2.75, 3.05) is 5.43 Å². The van der Waals surface area contributed by atoms with Crippen molar-refractivity contribution in [2.24, 2.45) is 5.10 Å². The Bertz CT molecular complexity index is 656. The van der Waals surface area contributed by atoms with E-state index in [0.717, 1.165) is 11.6 Å². The lowest BCUT2D eigenvalue weighted by Gasteiger charge is -2.09. The summed E-state index contributed by atoms with van der Waals surface area (Å²) < 4.78 is 37.4. The quantitative estimate of drug-likeness (QED) is 0.688. The Morgan fingerprint density at radius 2 is 1.95 bits per heavy atom. The highest BCUT2D eigenvalue weighted by Crippen LogP contribution is 2.32. The number of aromatic nitrogens is 2. The van der Waals surface area contributed by atoms with Gasteiger partial charge in [0.1, 0.15) is 0 Å². The first kappa shape index (κ1) is 15.2. The van der Waals surface area contributed by atoms with E-state index in [1.165, 1.54) is 0 Å². The molecule has 0 amide bonds. The van der Waals surface area contributed by atoms with Crippen LogP contribution in [0.1, 0.15) is 18.1 Å². The number of hydrogen-bond acceptors (Lipinski definition) is 4. The number of rotatable bonds is 3. The van der Waals surface area contributed by atoms with Gasteiger partial charge in [0.2, 0.25) is 0 Å². The van der Waals surface area contributed by atoms with Crippen LogP contribution in [-0.2, 0) is 6.18 Å². The third-order valence-electron chi connectivity index (χ3n) is 2.60. The van der Waals surface area contributed by atoms with Crippen LogP contribution in [0.3, 0.4) is 0 Å². The van der Waals surface area contributed by atoms with Crippen LogP contribution in [-0.4, -0.2) is 15.7 Å². The van der Waals surface area contributed by atoms with Gasteiger partial charge in [-0.15, -0.1) is 0 Å². The van der Waals surface area contributed by atoms with Crippen LogP contribution in [0.4, 0.5) is 19.0 Å². The summed E-state index contributed by atoms with van der Waals surface area (Å²) in [6.45, 7) is 1.74. The molecule has 8 heteroatoms. The number of hydrazone groups is 1. The number of halogens is 4. The van der Waals surface area contributed by atoms with E-state index < -0.39 is 11.7 Å². The van der Waals surface area contributed by atoms with Gasteiger partial charge in [-0.1, -0.05) is 11.6 Å². The van der Waals surface area contributed by atoms with Gasteiger partial charge in [0.15, 0.2) is 5.82 Å². The first-order valence-electron chi connectivity index (χ1n) is 5.81. The first-order chi connectivity index (χ1) is 9.88. The van der Waals surface area contributed by atoms with E-state index in [1.54, 1.807) is 31.5 Å². The molecule has 0 atom stereocenters. The van der Waals surface area contributed by atoms with E-state index in [9.17, 15) is 13.2 Å². The van der Waals surface area contributed by atoms with Crippen LogP contribution in [0.25, 0.3) is 0 Å². The van der Waals surface area contributed by atoms with E-state index >= 15 is 0 Å². The molecule has 1 N–H and O–H groups in total. The largest absolute Gasteiger partial charge is 0.417 e. The van der Waals surface area contributed by atoms with Crippen LogP contribution >= 0.6 is 11.6 Å². The fraction of sp³-hybridized carbons (Fsp3) is 0.154. The van der Waals surface area contributed by atoms with Crippen molar-refractivity contribution >= 4 is 23.1 Å². The molecule has 0 aliphatic carbocycles. The summed E-state index contributed by atoms with van der Waals surface area (Å²) in [7, 11) is 0. The minimum atomic E-state index is -4.48. The third-order valence-corrected chi connectivity index (χ3v) is 2.88. The summed E-state index contributed by atoms with van der Waals surface area (Å²) in [6, 6.07) is 4.30. The Kier molecular flexibility index (Phi) is 4.42. The normalized spacial score (nSPS) is 12.3. The van der Waals surface area contributed by atoms with Crippen molar-refractivity contribution in [3.63, 3.8) is 0 Å². The maximum atomic E-state index is 12.5. The number of hydrogen-bond donors (Lipinski definition) is 1. The van der Waals surface area contributed by atoms with Gasteiger partial charge in [0, 0.05) is 24.2 Å². The van der Waals surface area contributed by atoms with Crippen LogP contribution in [0, 0.1) is 0 Å². The van der Waals surface area contributed by atoms with Crippen LogP contribution in [0.2, 0.25) is 5.02 Å². The summed E-state index contributed by atoms with van der Waals surface area (Å²) >= 11 is 5.76. The molecule has 110 valence electrons. The molecule has 0 unspecified atom stereocenters. The molecule has 2 aromatic heterocycles. The molecule has 0 bridgehead atoms. The van der Waals surface area contributed by atoms with Gasteiger partial charge in [-0.2, -0.15) is 18.3 Å². The molecular weight excluding hydrogens is 305 g/mol. The molecule has 0 saturated carbocycles. The highest BCUT2D eigenvalue weighted by Gasteiger charge is 2.31. The van der Waals surface area contributed by atoms with Gasteiger partial charge in [0.25, 0.3) is 0 Å². The van der Waals surface area contributed by atoms with Crippen LogP contribution in [0.15, 0.2) is 41.9 Å². The zero-order valence-electron chi connectivity index (χ0n) is 10.8. The van der Waals surface area contributed by atoms with Gasteiger partial charge in [0.05, 0.1) is 16.3 Å². The Morgan fingerprint density at radius 1 is 1.29 bits per heavy atom. The molecule has 0 spiro atoms. The molecule has 0 saturated heterocycles. The van der Waals surface area contributed by atoms with E-state index in [1.807, 2.05) is 0 Å². The second-order valence-electron chi connectivity index (χ2n) is 4.10. The van der Waals surface area contributed by atoms with Crippen molar-refractivity contribution in [1.82, 2.24) is 9.97 Å². The Balaban J connectivity index is 2.17. The number of pyridine rings is 2. The van der Waals surface area contributed by atoms with Gasteiger partial charge in [-0.05, 0) is 25.1 Å². The molecule has 4 nitrogen and oxygen atoms in total. The Labute approximate surface area is 123 Å². The van der Waals surface area contributed by atoms with Crippen molar-refractivity contribution in [1.29, 1.82) is 0 Å². The summed E-state index contributed by atoms with van der Waals surface area (Å²) in [5.41, 5.74) is 3.08. The minimum absolute atomic E-state index is 0.0538. The smallest absolute Gasteiger partial charge is 0.265 e. The first-order valence-corrected chi connectivity index (χ1v) is 6.19. The van der Waals surface area contributed by atoms with Gasteiger partial charge in [-0.3, -0.25) is 10.4 Å². The van der Waals surface area contributed by atoms with E-state index in [4.69, 9.17) is 11.6 Å². The van der Waals surface area contributed by atoms with E-state index in [2.05, 4.69) is 20.5 Å². The molecule has 0 radical (unpaired) electrons. The van der Waals surface area contributed by atoms with Crippen molar-refractivity contribution in [2.45, 2.75) is 13.1 Å². The molecule has 0 aromatic carbocycles. The number of nitrogens with one attached hydrogen (secondary N) is 1. The third kappa shape index (κ3) is 3.91. The lowest BCUT2D eigenvalue weighted by Crippen LogP contribution is -2.07. The van der Waals surface area contributed by atoms with Crippen molar-refractivity contribution in [3.8, 4) is 0 Å². The van der Waals surface area contributed by atoms with Crippen LogP contribution < -0.4 is 5.43 Å². The predicted octanol–water partition coefficient (Wildman–Crippen LogP) is 3.98. The molecule has 0 aliphatic rings. The highest BCUT2D eigenvalue weighted by atomic mass is 35.5. The number of nitrogens with zero attached hydrogens (tertiary/aromatic N) is 3. The average molecular weight is 315 g/mol. The van der Waals surface area contributed by atoms with Crippen molar-refractivity contribution in [3.05, 3.63) is 52.9 Å². The molecule has 21 heavy (non-hydrogen) atoms. The second kappa shape index (κ2) is 6.09. The SMILES string of the molecule is C/C(=N\Nc1ncc(C(F)(F)F)cc1Cl)c1ccncc1. The second-order valence-corrected chi connectivity index (χ2v) is 4.50. The predicted molar refractivity (Wildman–Crippen MR) is 74.3 cm³/mol. The maximum absolute atomic E-state index is 12.5. The van der Waals surface area contributed by atoms with Crippen LogP contribution in [0.5, 0.6) is 0 Å². The standard InChI is InChI=1S/C13H10ClF3N4/c1-8(9-2-4-18-5-3-9)20-21-12-11(14)6-10(7-19-12)13(15,16)17/h2-7H,1H3,(H,19,21)/b20-8+. The highest BCUT2D eigenvalue weighted by molar-refractivity contribution is 6.33. The fourth-order valence-corrected chi connectivity index (χ4v) is 1.68. The maximum Gasteiger partial charge on any atom is 0.417 e. The van der Waals surface area contributed by atoms with Crippen molar-refractivity contribution < 1.29 is 13.2 Å². The fourth-order valence-electron chi connectivity index (χ4n) is 1.47. The number of anilines is 1. The zero-order valence-corrected chi connectivity index (χ0v) is 11.6. The summed E-state index contributed by atoms with van der Waals surface area (Å²) in [5, 5.41) is 3.87. The molecule has 2 aromatic rings.